The Morgan fingerprint density at radius 3 is 2.50 bits per heavy atom. The number of benzene rings is 2. The zero-order valence-electron chi connectivity index (χ0n) is 21.4. The number of carbonyl (C=O) groups excluding carboxylic acids is 2. The van der Waals surface area contributed by atoms with Crippen LogP contribution in [0.4, 0.5) is 23.0 Å². The first kappa shape index (κ1) is 24.8. The first-order valence-corrected chi connectivity index (χ1v) is 12.4. The van der Waals surface area contributed by atoms with Gasteiger partial charge in [-0.2, -0.15) is 0 Å². The molecule has 0 spiro atoms. The normalized spacial score (nSPS) is 13.1. The van der Waals surface area contributed by atoms with E-state index in [1.54, 1.807) is 13.1 Å². The molecule has 0 unspecified atom stereocenters. The smallest absolute Gasteiger partial charge is 0.247 e. The molecule has 2 heterocycles. The molecule has 1 aliphatic rings. The van der Waals surface area contributed by atoms with Gasteiger partial charge in [0.05, 0.1) is 10.9 Å². The third kappa shape index (κ3) is 5.27. The quantitative estimate of drug-likeness (QED) is 0.369. The minimum atomic E-state index is -0.269. The Morgan fingerprint density at radius 2 is 1.79 bits per heavy atom. The number of aromatic nitrogens is 2. The Bertz CT molecular complexity index is 1510. The highest BCUT2D eigenvalue weighted by Gasteiger charge is 2.19. The van der Waals surface area contributed by atoms with Gasteiger partial charge in [0.2, 0.25) is 17.8 Å². The largest absolute Gasteiger partial charge is 0.368 e. The van der Waals surface area contributed by atoms with Gasteiger partial charge in [0, 0.05) is 67.5 Å². The minimum Gasteiger partial charge on any atom is -0.368 e. The monoisotopic (exact) mass is 504 g/mol. The molecule has 0 saturated carbocycles. The van der Waals surface area contributed by atoms with Gasteiger partial charge in [0.1, 0.15) is 0 Å². The summed E-state index contributed by atoms with van der Waals surface area (Å²) in [4.78, 5) is 36.8. The van der Waals surface area contributed by atoms with E-state index in [2.05, 4.69) is 51.4 Å². The summed E-state index contributed by atoms with van der Waals surface area (Å²) < 4.78 is 0. The maximum atomic E-state index is 11.8. The topological polar surface area (TPSA) is 90.5 Å². The van der Waals surface area contributed by atoms with E-state index < -0.39 is 0 Å². The van der Waals surface area contributed by atoms with Crippen molar-refractivity contribution in [3.8, 4) is 11.1 Å². The van der Waals surface area contributed by atoms with Crippen LogP contribution >= 0.6 is 0 Å². The Balaban J connectivity index is 1.38. The molecule has 38 heavy (non-hydrogen) atoms. The molecule has 1 saturated heterocycles. The van der Waals surface area contributed by atoms with Gasteiger partial charge in [-0.1, -0.05) is 30.8 Å². The van der Waals surface area contributed by atoms with Gasteiger partial charge in [-0.3, -0.25) is 9.59 Å². The van der Waals surface area contributed by atoms with Crippen LogP contribution in [0.3, 0.4) is 0 Å². The fourth-order valence-corrected chi connectivity index (χ4v) is 4.59. The summed E-state index contributed by atoms with van der Waals surface area (Å²) in [5.41, 5.74) is 6.09. The lowest BCUT2D eigenvalue weighted by Crippen LogP contribution is -2.48. The molecule has 0 aliphatic carbocycles. The van der Waals surface area contributed by atoms with E-state index in [4.69, 9.17) is 4.98 Å². The van der Waals surface area contributed by atoms with E-state index in [0.29, 0.717) is 11.6 Å². The highest BCUT2D eigenvalue weighted by Crippen LogP contribution is 2.31. The summed E-state index contributed by atoms with van der Waals surface area (Å²) in [7, 11) is 0. The summed E-state index contributed by atoms with van der Waals surface area (Å²) >= 11 is 0. The molecule has 8 nitrogen and oxygen atoms in total. The second-order valence-electron chi connectivity index (χ2n) is 9.15. The molecule has 3 aromatic carbocycles. The molecule has 4 aromatic rings. The summed E-state index contributed by atoms with van der Waals surface area (Å²) in [5.74, 6) is 0.326. The van der Waals surface area contributed by atoms with Crippen LogP contribution in [-0.4, -0.2) is 52.9 Å². The highest BCUT2D eigenvalue weighted by atomic mass is 16.2. The Labute approximate surface area is 222 Å². The number of piperazine rings is 1. The molecule has 1 aromatic heterocycles. The second kappa shape index (κ2) is 10.6. The van der Waals surface area contributed by atoms with Crippen LogP contribution in [0, 0.1) is 19.1 Å². The number of hydrogen-bond donors (Lipinski definition) is 2. The van der Waals surface area contributed by atoms with Crippen LogP contribution in [0.1, 0.15) is 12.5 Å². The average molecular weight is 505 g/mol. The van der Waals surface area contributed by atoms with Crippen LogP contribution in [0.25, 0.3) is 22.0 Å². The van der Waals surface area contributed by atoms with E-state index in [1.165, 1.54) is 6.08 Å². The lowest BCUT2D eigenvalue weighted by molar-refractivity contribution is -0.129. The molecule has 0 bridgehead atoms. The van der Waals surface area contributed by atoms with Crippen LogP contribution in [-0.2, 0) is 9.59 Å². The fourth-order valence-electron chi connectivity index (χ4n) is 4.59. The number of fused-ring (bicyclic) bond motifs is 1. The summed E-state index contributed by atoms with van der Waals surface area (Å²) in [6.45, 7) is 10.2. The minimum absolute atomic E-state index is 0.126. The van der Waals surface area contributed by atoms with Crippen LogP contribution < -0.4 is 15.5 Å². The number of hydrogen-bond acceptors (Lipinski definition) is 6. The number of carbonyl (C=O) groups is 2. The van der Waals surface area contributed by atoms with E-state index >= 15 is 0 Å². The molecule has 0 radical (unpaired) electrons. The molecule has 2 amide bonds. The van der Waals surface area contributed by atoms with E-state index in [0.717, 1.165) is 65.1 Å². The second-order valence-corrected chi connectivity index (χ2v) is 9.15. The number of anilines is 4. The Hall–Kier alpha value is -4.90. The number of amides is 2. The third-order valence-corrected chi connectivity index (χ3v) is 6.60. The van der Waals surface area contributed by atoms with Crippen molar-refractivity contribution >= 4 is 45.7 Å². The van der Waals surface area contributed by atoms with Crippen LogP contribution in [0.15, 0.2) is 67.4 Å². The van der Waals surface area contributed by atoms with Crippen molar-refractivity contribution in [2.45, 2.75) is 13.8 Å². The zero-order chi connectivity index (χ0) is 26.6. The zero-order valence-corrected chi connectivity index (χ0v) is 21.4. The molecule has 1 fully saturated rings. The lowest BCUT2D eigenvalue weighted by Gasteiger charge is -2.35. The molecule has 2 N–H and O–H groups in total. The average Bonchev–Trinajstić information content (AvgIpc) is 2.93. The Morgan fingerprint density at radius 1 is 1.03 bits per heavy atom. The first-order valence-electron chi connectivity index (χ1n) is 12.4. The molecule has 5 rings (SSSR count). The molecule has 0 atom stereocenters. The van der Waals surface area contributed by atoms with Crippen LogP contribution in [0.5, 0.6) is 0 Å². The van der Waals surface area contributed by atoms with Crippen molar-refractivity contribution in [2.24, 2.45) is 0 Å². The molecular weight excluding hydrogens is 476 g/mol. The van der Waals surface area contributed by atoms with Crippen LogP contribution in [0.2, 0.25) is 0 Å². The highest BCUT2D eigenvalue weighted by molar-refractivity contribution is 6.00. The number of nitrogens with one attached hydrogen (secondary N) is 2. The fraction of sp³-hybridized carbons (Fsp3) is 0.200. The predicted molar refractivity (Wildman–Crippen MR) is 150 cm³/mol. The maximum absolute atomic E-state index is 11.8. The maximum Gasteiger partial charge on any atom is 0.247 e. The number of nitrogens with zero attached hydrogens (tertiary/aromatic N) is 4. The molecule has 8 heteroatoms. The van der Waals surface area contributed by atoms with Crippen molar-refractivity contribution in [1.82, 2.24) is 14.9 Å². The van der Waals surface area contributed by atoms with Gasteiger partial charge in [-0.05, 0) is 55.0 Å². The van der Waals surface area contributed by atoms with Gasteiger partial charge in [-0.25, -0.2) is 9.97 Å². The van der Waals surface area contributed by atoms with Gasteiger partial charge >= 0.3 is 0 Å². The van der Waals surface area contributed by atoms with Crippen molar-refractivity contribution in [1.29, 1.82) is 0 Å². The van der Waals surface area contributed by atoms with Crippen molar-refractivity contribution < 1.29 is 9.59 Å². The molecule has 190 valence electrons. The van der Waals surface area contributed by atoms with Gasteiger partial charge in [0.15, 0.2) is 0 Å². The predicted octanol–water partition coefficient (Wildman–Crippen LogP) is 4.74. The van der Waals surface area contributed by atoms with E-state index in [1.807, 2.05) is 48.2 Å². The SMILES string of the molecule is C=CC(=O)Nc1cccc(-c2c(C)c#cc3cnc(Nc4ccc(N5CCN(C(C)=O)CC5)cc4)nc23)c1. The van der Waals surface area contributed by atoms with Gasteiger partial charge in [-0.15, -0.1) is 0 Å². The molecule has 1 aliphatic heterocycles. The van der Waals surface area contributed by atoms with Gasteiger partial charge < -0.3 is 20.4 Å². The van der Waals surface area contributed by atoms with Crippen molar-refractivity contribution in [2.75, 3.05) is 41.7 Å². The van der Waals surface area contributed by atoms with Crippen molar-refractivity contribution in [3.63, 3.8) is 0 Å². The van der Waals surface area contributed by atoms with Crippen molar-refractivity contribution in [3.05, 3.63) is 85.1 Å². The summed E-state index contributed by atoms with van der Waals surface area (Å²) in [6, 6.07) is 22.0. The number of rotatable bonds is 6. The molecular formula is C30H28N6O2. The van der Waals surface area contributed by atoms with E-state index in [-0.39, 0.29) is 11.8 Å². The third-order valence-electron chi connectivity index (χ3n) is 6.60. The lowest BCUT2D eigenvalue weighted by atomic mass is 9.99. The first-order chi connectivity index (χ1) is 18.4. The standard InChI is InChI=1S/C30H28N6O2/c1-4-27(38)32-25-7-5-6-22(18-25)28-20(2)8-9-23-19-31-30(34-29(23)28)33-24-10-12-26(13-11-24)36-16-14-35(15-17-36)21(3)37/h4-7,10-13,18-19H,1,14-17H2,2-3H3,(H,32,38)(H,31,33,34). The van der Waals surface area contributed by atoms with E-state index in [9.17, 15) is 9.59 Å². The van der Waals surface area contributed by atoms with Gasteiger partial charge in [0.25, 0.3) is 0 Å². The summed E-state index contributed by atoms with van der Waals surface area (Å²) in [5, 5.41) is 6.86. The Kier molecular flexibility index (Phi) is 6.92. The summed E-state index contributed by atoms with van der Waals surface area (Å²) in [6.07, 6.45) is 2.97.